The molecule has 0 aromatic heterocycles. The zero-order chi connectivity index (χ0) is 11.5. The summed E-state index contributed by atoms with van der Waals surface area (Å²) in [6.07, 6.45) is 2.13. The molecule has 2 nitrogen and oxygen atoms in total. The fraction of sp³-hybridized carbons (Fsp3) is 0.538. The van der Waals surface area contributed by atoms with E-state index in [2.05, 4.69) is 5.32 Å². The summed E-state index contributed by atoms with van der Waals surface area (Å²) in [5, 5.41) is 12.7. The fourth-order valence-corrected chi connectivity index (χ4v) is 2.40. The molecule has 0 radical (unpaired) electrons. The van der Waals surface area contributed by atoms with Crippen LogP contribution in [0.2, 0.25) is 0 Å². The minimum atomic E-state index is -0.167. The van der Waals surface area contributed by atoms with Gasteiger partial charge < -0.3 is 10.4 Å². The van der Waals surface area contributed by atoms with Crippen molar-refractivity contribution in [1.29, 1.82) is 0 Å². The molecular formula is C13H18FNO. The Hall–Kier alpha value is -0.930. The quantitative estimate of drug-likeness (QED) is 0.805. The van der Waals surface area contributed by atoms with Crippen molar-refractivity contribution >= 4 is 0 Å². The monoisotopic (exact) mass is 223 g/mol. The van der Waals surface area contributed by atoms with E-state index in [1.165, 1.54) is 6.07 Å². The van der Waals surface area contributed by atoms with Gasteiger partial charge in [-0.15, -0.1) is 0 Å². The van der Waals surface area contributed by atoms with Crippen LogP contribution in [0.4, 0.5) is 4.39 Å². The van der Waals surface area contributed by atoms with Crippen LogP contribution in [0.5, 0.6) is 0 Å². The molecule has 2 N–H and O–H groups in total. The van der Waals surface area contributed by atoms with E-state index in [4.69, 9.17) is 0 Å². The van der Waals surface area contributed by atoms with E-state index >= 15 is 0 Å². The first-order valence-electron chi connectivity index (χ1n) is 5.82. The molecule has 1 aromatic carbocycles. The minimum absolute atomic E-state index is 0.165. The Bertz CT molecular complexity index is 367. The molecule has 3 heteroatoms. The molecule has 1 saturated heterocycles. The Labute approximate surface area is 95.5 Å². The lowest BCUT2D eigenvalue weighted by Crippen LogP contribution is -2.35. The van der Waals surface area contributed by atoms with Gasteiger partial charge in [-0.3, -0.25) is 0 Å². The standard InChI is InChI=1S/C13H18FNO/c1-9-7-10(4-5-12(9)14)13-11(8-16)3-2-6-15-13/h4-5,7,11,13,15-16H,2-3,6,8H2,1H3. The van der Waals surface area contributed by atoms with E-state index in [0.717, 1.165) is 24.9 Å². The van der Waals surface area contributed by atoms with Crippen molar-refractivity contribution in [3.05, 3.63) is 35.1 Å². The molecule has 1 fully saturated rings. The molecule has 0 spiro atoms. The van der Waals surface area contributed by atoms with E-state index in [1.807, 2.05) is 12.1 Å². The number of rotatable bonds is 2. The lowest BCUT2D eigenvalue weighted by molar-refractivity contribution is 0.160. The normalized spacial score (nSPS) is 25.7. The van der Waals surface area contributed by atoms with Crippen LogP contribution in [-0.4, -0.2) is 18.3 Å². The predicted molar refractivity (Wildman–Crippen MR) is 61.7 cm³/mol. The second-order valence-electron chi connectivity index (χ2n) is 4.53. The van der Waals surface area contributed by atoms with Crippen LogP contribution in [-0.2, 0) is 0 Å². The van der Waals surface area contributed by atoms with Gasteiger partial charge in [0.15, 0.2) is 0 Å². The molecule has 0 bridgehead atoms. The SMILES string of the molecule is Cc1cc(C2NCCCC2CO)ccc1F. The highest BCUT2D eigenvalue weighted by Crippen LogP contribution is 2.29. The first kappa shape index (κ1) is 11.6. The summed E-state index contributed by atoms with van der Waals surface area (Å²) in [6, 6.07) is 5.36. The van der Waals surface area contributed by atoms with Crippen molar-refractivity contribution in [3.8, 4) is 0 Å². The highest BCUT2D eigenvalue weighted by molar-refractivity contribution is 5.27. The Morgan fingerprint density at radius 1 is 1.50 bits per heavy atom. The molecule has 88 valence electrons. The van der Waals surface area contributed by atoms with Crippen LogP contribution in [0.15, 0.2) is 18.2 Å². The topological polar surface area (TPSA) is 32.3 Å². The maximum absolute atomic E-state index is 13.2. The van der Waals surface area contributed by atoms with Gasteiger partial charge in [0, 0.05) is 18.6 Å². The summed E-state index contributed by atoms with van der Waals surface area (Å²) in [6.45, 7) is 2.93. The van der Waals surface area contributed by atoms with Gasteiger partial charge in [-0.1, -0.05) is 12.1 Å². The van der Waals surface area contributed by atoms with Gasteiger partial charge in [0.1, 0.15) is 5.82 Å². The maximum atomic E-state index is 13.2. The molecular weight excluding hydrogens is 205 g/mol. The zero-order valence-electron chi connectivity index (χ0n) is 9.54. The van der Waals surface area contributed by atoms with Crippen molar-refractivity contribution in [1.82, 2.24) is 5.32 Å². The van der Waals surface area contributed by atoms with Crippen LogP contribution < -0.4 is 5.32 Å². The Balaban J connectivity index is 2.23. The largest absolute Gasteiger partial charge is 0.396 e. The van der Waals surface area contributed by atoms with Crippen molar-refractivity contribution in [2.45, 2.75) is 25.8 Å². The van der Waals surface area contributed by atoms with Gasteiger partial charge in [0.2, 0.25) is 0 Å². The highest BCUT2D eigenvalue weighted by Gasteiger charge is 2.25. The molecule has 1 aliphatic heterocycles. The number of aryl methyl sites for hydroxylation is 1. The number of piperidine rings is 1. The number of hydrogen-bond acceptors (Lipinski definition) is 2. The summed E-state index contributed by atoms with van der Waals surface area (Å²) in [7, 11) is 0. The number of aliphatic hydroxyl groups excluding tert-OH is 1. The third-order valence-corrected chi connectivity index (χ3v) is 3.36. The van der Waals surface area contributed by atoms with Crippen LogP contribution >= 0.6 is 0 Å². The average Bonchev–Trinajstić information content (AvgIpc) is 2.32. The Kier molecular flexibility index (Phi) is 3.56. The van der Waals surface area contributed by atoms with Gasteiger partial charge in [-0.2, -0.15) is 0 Å². The molecule has 16 heavy (non-hydrogen) atoms. The van der Waals surface area contributed by atoms with Gasteiger partial charge in [-0.05, 0) is 43.5 Å². The summed E-state index contributed by atoms with van der Waals surface area (Å²) >= 11 is 0. The van der Waals surface area contributed by atoms with E-state index in [-0.39, 0.29) is 24.4 Å². The van der Waals surface area contributed by atoms with E-state index in [9.17, 15) is 9.50 Å². The lowest BCUT2D eigenvalue weighted by atomic mass is 9.86. The summed E-state index contributed by atoms with van der Waals surface area (Å²) in [5.41, 5.74) is 1.75. The summed E-state index contributed by atoms with van der Waals surface area (Å²) in [5.74, 6) is 0.0821. The molecule has 0 amide bonds. The number of aliphatic hydroxyl groups is 1. The lowest BCUT2D eigenvalue weighted by Gasteiger charge is -2.32. The van der Waals surface area contributed by atoms with Gasteiger partial charge in [0.25, 0.3) is 0 Å². The first-order valence-corrected chi connectivity index (χ1v) is 5.82. The molecule has 0 saturated carbocycles. The van der Waals surface area contributed by atoms with Crippen LogP contribution in [0.3, 0.4) is 0 Å². The molecule has 1 aromatic rings. The number of hydrogen-bond donors (Lipinski definition) is 2. The molecule has 2 rings (SSSR count). The van der Waals surface area contributed by atoms with Crippen LogP contribution in [0.25, 0.3) is 0 Å². The molecule has 0 aliphatic carbocycles. The second-order valence-corrected chi connectivity index (χ2v) is 4.53. The fourth-order valence-electron chi connectivity index (χ4n) is 2.40. The van der Waals surface area contributed by atoms with Crippen molar-refractivity contribution in [3.63, 3.8) is 0 Å². The summed E-state index contributed by atoms with van der Waals surface area (Å²) < 4.78 is 13.2. The van der Waals surface area contributed by atoms with Crippen molar-refractivity contribution in [2.24, 2.45) is 5.92 Å². The van der Waals surface area contributed by atoms with Crippen molar-refractivity contribution < 1.29 is 9.50 Å². The number of nitrogens with one attached hydrogen (secondary N) is 1. The first-order chi connectivity index (χ1) is 7.72. The third-order valence-electron chi connectivity index (χ3n) is 3.36. The van der Waals surface area contributed by atoms with Crippen LogP contribution in [0, 0.1) is 18.7 Å². The van der Waals surface area contributed by atoms with Crippen LogP contribution in [0.1, 0.15) is 30.0 Å². The molecule has 2 atom stereocenters. The minimum Gasteiger partial charge on any atom is -0.396 e. The number of halogens is 1. The van der Waals surface area contributed by atoms with Gasteiger partial charge in [0.05, 0.1) is 0 Å². The van der Waals surface area contributed by atoms with E-state index in [0.29, 0.717) is 5.56 Å². The zero-order valence-corrected chi connectivity index (χ0v) is 9.54. The highest BCUT2D eigenvalue weighted by atomic mass is 19.1. The molecule has 1 aliphatic rings. The summed E-state index contributed by atoms with van der Waals surface area (Å²) in [4.78, 5) is 0. The predicted octanol–water partition coefficient (Wildman–Crippen LogP) is 2.17. The second kappa shape index (κ2) is 4.93. The van der Waals surface area contributed by atoms with Crippen molar-refractivity contribution in [2.75, 3.05) is 13.2 Å². The Morgan fingerprint density at radius 3 is 3.00 bits per heavy atom. The maximum Gasteiger partial charge on any atom is 0.126 e. The molecule has 2 unspecified atom stereocenters. The Morgan fingerprint density at radius 2 is 2.31 bits per heavy atom. The average molecular weight is 223 g/mol. The number of benzene rings is 1. The van der Waals surface area contributed by atoms with E-state index < -0.39 is 0 Å². The van der Waals surface area contributed by atoms with Gasteiger partial charge >= 0.3 is 0 Å². The van der Waals surface area contributed by atoms with Gasteiger partial charge in [-0.25, -0.2) is 4.39 Å². The smallest absolute Gasteiger partial charge is 0.126 e. The van der Waals surface area contributed by atoms with E-state index in [1.54, 1.807) is 6.92 Å². The third kappa shape index (κ3) is 2.25. The molecule has 1 heterocycles.